The first-order valence-corrected chi connectivity index (χ1v) is 7.26. The van der Waals surface area contributed by atoms with Gasteiger partial charge in [0, 0.05) is 0 Å². The van der Waals surface area contributed by atoms with Crippen LogP contribution in [0.25, 0.3) is 0 Å². The number of benzene rings is 2. The Morgan fingerprint density at radius 1 is 0.737 bits per heavy atom. The van der Waals surface area contributed by atoms with Crippen molar-refractivity contribution < 1.29 is 9.59 Å². The molecule has 0 aromatic heterocycles. The van der Waals surface area contributed by atoms with Gasteiger partial charge in [-0.05, 0) is 0 Å². The standard InChI is InChI=1S/C14H12N2O2Se/c15-13(17)9-5-1-3-7-11(9)19-12-8-4-2-6-10(12)14(16)18/h1-8H,(H2,15,17)(H2,16,18). The summed E-state index contributed by atoms with van der Waals surface area (Å²) in [4.78, 5) is 22.7. The van der Waals surface area contributed by atoms with Gasteiger partial charge in [0.25, 0.3) is 0 Å². The number of hydrogen-bond donors (Lipinski definition) is 2. The Morgan fingerprint density at radius 2 is 1.11 bits per heavy atom. The summed E-state index contributed by atoms with van der Waals surface area (Å²) in [5.74, 6) is -0.928. The molecule has 2 aromatic carbocycles. The van der Waals surface area contributed by atoms with Gasteiger partial charge in [0.15, 0.2) is 0 Å². The van der Waals surface area contributed by atoms with Crippen LogP contribution in [0.1, 0.15) is 20.7 Å². The Balaban J connectivity index is 2.42. The minimum atomic E-state index is -0.464. The molecule has 0 aliphatic carbocycles. The van der Waals surface area contributed by atoms with E-state index in [1.54, 1.807) is 24.3 Å². The average molecular weight is 319 g/mol. The van der Waals surface area contributed by atoms with Gasteiger partial charge in [-0.3, -0.25) is 0 Å². The van der Waals surface area contributed by atoms with Crippen LogP contribution in [0.15, 0.2) is 48.5 Å². The fourth-order valence-electron chi connectivity index (χ4n) is 1.64. The molecular weight excluding hydrogens is 307 g/mol. The van der Waals surface area contributed by atoms with Crippen LogP contribution in [0.3, 0.4) is 0 Å². The molecule has 19 heavy (non-hydrogen) atoms. The molecule has 4 nitrogen and oxygen atoms in total. The zero-order chi connectivity index (χ0) is 13.8. The molecule has 0 radical (unpaired) electrons. The second-order valence-electron chi connectivity index (χ2n) is 3.82. The Hall–Kier alpha value is -2.10. The zero-order valence-corrected chi connectivity index (χ0v) is 11.7. The van der Waals surface area contributed by atoms with Crippen molar-refractivity contribution in [3.05, 3.63) is 59.7 Å². The van der Waals surface area contributed by atoms with Crippen LogP contribution < -0.4 is 20.4 Å². The van der Waals surface area contributed by atoms with Crippen molar-refractivity contribution in [3.8, 4) is 0 Å². The number of carbonyl (C=O) groups excluding carboxylic acids is 2. The molecule has 0 fully saturated rings. The molecule has 0 heterocycles. The van der Waals surface area contributed by atoms with Gasteiger partial charge in [0.05, 0.1) is 0 Å². The summed E-state index contributed by atoms with van der Waals surface area (Å²) in [7, 11) is 0. The van der Waals surface area contributed by atoms with E-state index >= 15 is 0 Å². The van der Waals surface area contributed by atoms with E-state index in [0.717, 1.165) is 8.92 Å². The Kier molecular flexibility index (Phi) is 4.00. The van der Waals surface area contributed by atoms with Crippen LogP contribution in [0.4, 0.5) is 0 Å². The quantitative estimate of drug-likeness (QED) is 0.747. The van der Waals surface area contributed by atoms with E-state index in [2.05, 4.69) is 0 Å². The summed E-state index contributed by atoms with van der Waals surface area (Å²) < 4.78 is 1.69. The predicted molar refractivity (Wildman–Crippen MR) is 74.9 cm³/mol. The number of hydrogen-bond acceptors (Lipinski definition) is 2. The van der Waals surface area contributed by atoms with Crippen LogP contribution in [-0.2, 0) is 0 Å². The average Bonchev–Trinajstić information content (AvgIpc) is 2.39. The fraction of sp³-hybridized carbons (Fsp3) is 0. The van der Waals surface area contributed by atoms with E-state index in [9.17, 15) is 9.59 Å². The number of nitrogens with two attached hydrogens (primary N) is 2. The molecule has 4 N–H and O–H groups in total. The predicted octanol–water partition coefficient (Wildman–Crippen LogP) is -0.461. The zero-order valence-electron chi connectivity index (χ0n) is 10.00. The van der Waals surface area contributed by atoms with Gasteiger partial charge in [0.1, 0.15) is 0 Å². The third-order valence-corrected chi connectivity index (χ3v) is 4.94. The van der Waals surface area contributed by atoms with Crippen LogP contribution in [0.5, 0.6) is 0 Å². The number of primary amides is 2. The second kappa shape index (κ2) is 5.69. The van der Waals surface area contributed by atoms with E-state index in [0.29, 0.717) is 11.1 Å². The normalized spacial score (nSPS) is 10.1. The van der Waals surface area contributed by atoms with Crippen molar-refractivity contribution in [3.63, 3.8) is 0 Å². The Labute approximate surface area is 117 Å². The van der Waals surface area contributed by atoms with E-state index in [1.807, 2.05) is 24.3 Å². The topological polar surface area (TPSA) is 86.2 Å². The maximum absolute atomic E-state index is 11.4. The summed E-state index contributed by atoms with van der Waals surface area (Å²) in [5, 5.41) is 0. The summed E-state index contributed by atoms with van der Waals surface area (Å²) in [5.41, 5.74) is 11.7. The van der Waals surface area contributed by atoms with Crippen LogP contribution in [0.2, 0.25) is 0 Å². The van der Waals surface area contributed by atoms with E-state index < -0.39 is 11.8 Å². The molecule has 96 valence electrons. The summed E-state index contributed by atoms with van der Waals surface area (Å²) in [6.45, 7) is 0. The summed E-state index contributed by atoms with van der Waals surface area (Å²) in [6.07, 6.45) is 0. The molecule has 0 saturated heterocycles. The molecule has 0 spiro atoms. The molecule has 2 amide bonds. The third-order valence-electron chi connectivity index (χ3n) is 2.52. The molecule has 0 bridgehead atoms. The van der Waals surface area contributed by atoms with Crippen LogP contribution in [-0.4, -0.2) is 26.8 Å². The number of carbonyl (C=O) groups is 2. The van der Waals surface area contributed by atoms with Gasteiger partial charge in [-0.15, -0.1) is 0 Å². The van der Waals surface area contributed by atoms with Crippen molar-refractivity contribution in [1.82, 2.24) is 0 Å². The molecule has 0 unspecified atom stereocenters. The summed E-state index contributed by atoms with van der Waals surface area (Å²) in [6, 6.07) is 14.3. The maximum atomic E-state index is 11.4. The van der Waals surface area contributed by atoms with Crippen molar-refractivity contribution in [1.29, 1.82) is 0 Å². The van der Waals surface area contributed by atoms with Gasteiger partial charge in [-0.25, -0.2) is 0 Å². The van der Waals surface area contributed by atoms with Crippen molar-refractivity contribution in [2.24, 2.45) is 11.5 Å². The molecule has 0 atom stereocenters. The molecule has 0 saturated carbocycles. The Morgan fingerprint density at radius 3 is 1.47 bits per heavy atom. The van der Waals surface area contributed by atoms with Crippen LogP contribution in [0, 0.1) is 0 Å². The molecule has 2 aromatic rings. The van der Waals surface area contributed by atoms with Crippen molar-refractivity contribution >= 4 is 35.7 Å². The molecule has 0 aliphatic rings. The van der Waals surface area contributed by atoms with Gasteiger partial charge in [-0.2, -0.15) is 0 Å². The summed E-state index contributed by atoms with van der Waals surface area (Å²) >= 11 is -0.197. The first kappa shape index (κ1) is 13.3. The second-order valence-corrected chi connectivity index (χ2v) is 6.10. The van der Waals surface area contributed by atoms with Crippen LogP contribution >= 0.6 is 0 Å². The first-order valence-electron chi connectivity index (χ1n) is 5.55. The molecule has 5 heteroatoms. The Bertz CT molecular complexity index is 585. The van der Waals surface area contributed by atoms with Crippen molar-refractivity contribution in [2.75, 3.05) is 0 Å². The molecular formula is C14H12N2O2Se. The van der Waals surface area contributed by atoms with Gasteiger partial charge < -0.3 is 0 Å². The van der Waals surface area contributed by atoms with Gasteiger partial charge in [-0.1, -0.05) is 0 Å². The minimum absolute atomic E-state index is 0.197. The third kappa shape index (κ3) is 3.02. The van der Waals surface area contributed by atoms with E-state index in [-0.39, 0.29) is 15.0 Å². The molecule has 0 aliphatic heterocycles. The SMILES string of the molecule is NC(=O)c1ccccc1[Se]c1ccccc1C(N)=O. The fourth-order valence-corrected chi connectivity index (χ4v) is 3.92. The van der Waals surface area contributed by atoms with Gasteiger partial charge >= 0.3 is 116 Å². The molecule has 2 rings (SSSR count). The number of rotatable bonds is 4. The van der Waals surface area contributed by atoms with E-state index in [1.165, 1.54) is 0 Å². The first-order chi connectivity index (χ1) is 9.09. The van der Waals surface area contributed by atoms with E-state index in [4.69, 9.17) is 11.5 Å². The monoisotopic (exact) mass is 320 g/mol. The van der Waals surface area contributed by atoms with Gasteiger partial charge in [0.2, 0.25) is 0 Å². The number of amides is 2. The van der Waals surface area contributed by atoms with Crippen molar-refractivity contribution in [2.45, 2.75) is 0 Å².